The van der Waals surface area contributed by atoms with Gasteiger partial charge in [-0.25, -0.2) is 4.98 Å². The average molecular weight is 258 g/mol. The Hall–Kier alpha value is -0.540. The number of nitrogens with zero attached hydrogens (tertiary/aromatic N) is 2. The molecule has 98 valence electrons. The summed E-state index contributed by atoms with van der Waals surface area (Å²) in [5.41, 5.74) is 0. The predicted molar refractivity (Wildman–Crippen MR) is 73.2 cm³/mol. The topological polar surface area (TPSA) is 29.9 Å². The molecular formula is C13H24ClN3. The van der Waals surface area contributed by atoms with Crippen LogP contribution in [0, 0.1) is 5.92 Å². The summed E-state index contributed by atoms with van der Waals surface area (Å²) in [7, 11) is 1.94. The Morgan fingerprint density at radius 2 is 2.06 bits per heavy atom. The first-order valence-electron chi connectivity index (χ1n) is 6.40. The maximum absolute atomic E-state index is 5.94. The van der Waals surface area contributed by atoms with Crippen LogP contribution in [0.5, 0.6) is 0 Å². The zero-order chi connectivity index (χ0) is 12.8. The number of hydrogen-bond donors (Lipinski definition) is 1. The van der Waals surface area contributed by atoms with Crippen LogP contribution in [-0.4, -0.2) is 15.6 Å². The van der Waals surface area contributed by atoms with Crippen LogP contribution in [0.2, 0.25) is 5.15 Å². The smallest absolute Gasteiger partial charge is 0.128 e. The van der Waals surface area contributed by atoms with E-state index in [9.17, 15) is 0 Å². The van der Waals surface area contributed by atoms with Crippen LogP contribution in [-0.2, 0) is 13.6 Å². The maximum atomic E-state index is 5.94. The number of imidazole rings is 1. The first-order chi connectivity index (χ1) is 8.00. The first-order valence-corrected chi connectivity index (χ1v) is 6.78. The monoisotopic (exact) mass is 257 g/mol. The van der Waals surface area contributed by atoms with Crippen molar-refractivity contribution in [2.45, 2.75) is 52.6 Å². The van der Waals surface area contributed by atoms with Gasteiger partial charge in [-0.05, 0) is 19.3 Å². The van der Waals surface area contributed by atoms with E-state index in [-0.39, 0.29) is 0 Å². The third-order valence-corrected chi connectivity index (χ3v) is 3.41. The lowest BCUT2D eigenvalue weighted by Crippen LogP contribution is -2.26. The molecule has 0 amide bonds. The Morgan fingerprint density at radius 1 is 1.35 bits per heavy atom. The van der Waals surface area contributed by atoms with Crippen LogP contribution in [0.15, 0.2) is 6.20 Å². The molecule has 0 fully saturated rings. The second-order valence-electron chi connectivity index (χ2n) is 5.16. The van der Waals surface area contributed by atoms with E-state index in [4.69, 9.17) is 11.6 Å². The molecule has 3 nitrogen and oxygen atoms in total. The second-order valence-corrected chi connectivity index (χ2v) is 5.55. The van der Waals surface area contributed by atoms with E-state index in [1.807, 2.05) is 11.6 Å². The van der Waals surface area contributed by atoms with Crippen molar-refractivity contribution in [3.05, 3.63) is 17.2 Å². The Labute approximate surface area is 110 Å². The summed E-state index contributed by atoms with van der Waals surface area (Å²) in [5.74, 6) is 1.79. The summed E-state index contributed by atoms with van der Waals surface area (Å²) in [6, 6.07) is 0.532. The van der Waals surface area contributed by atoms with E-state index in [1.54, 1.807) is 6.20 Å². The molecule has 17 heavy (non-hydrogen) atoms. The zero-order valence-corrected chi connectivity index (χ0v) is 12.1. The minimum atomic E-state index is 0.532. The summed E-state index contributed by atoms with van der Waals surface area (Å²) in [6.07, 6.45) is 5.51. The Morgan fingerprint density at radius 3 is 2.59 bits per heavy atom. The van der Waals surface area contributed by atoms with E-state index >= 15 is 0 Å². The molecule has 4 heteroatoms. The van der Waals surface area contributed by atoms with Gasteiger partial charge in [-0.2, -0.15) is 0 Å². The van der Waals surface area contributed by atoms with Crippen LogP contribution < -0.4 is 5.32 Å². The Bertz CT molecular complexity index is 333. The van der Waals surface area contributed by atoms with Crippen molar-refractivity contribution < 1.29 is 0 Å². The van der Waals surface area contributed by atoms with Crippen LogP contribution in [0.4, 0.5) is 0 Å². The van der Waals surface area contributed by atoms with E-state index in [1.165, 1.54) is 19.3 Å². The molecule has 0 saturated heterocycles. The highest BCUT2D eigenvalue weighted by Gasteiger charge is 2.07. The minimum absolute atomic E-state index is 0.532. The van der Waals surface area contributed by atoms with Crippen molar-refractivity contribution in [1.29, 1.82) is 0 Å². The maximum Gasteiger partial charge on any atom is 0.128 e. The van der Waals surface area contributed by atoms with Gasteiger partial charge in [-0.3, -0.25) is 0 Å². The normalized spacial score (nSPS) is 13.3. The highest BCUT2D eigenvalue weighted by molar-refractivity contribution is 6.29. The summed E-state index contributed by atoms with van der Waals surface area (Å²) < 4.78 is 1.91. The van der Waals surface area contributed by atoms with Crippen molar-refractivity contribution in [2.24, 2.45) is 13.0 Å². The second kappa shape index (κ2) is 7.02. The fourth-order valence-corrected chi connectivity index (χ4v) is 1.93. The molecular weight excluding hydrogens is 234 g/mol. The van der Waals surface area contributed by atoms with Crippen molar-refractivity contribution >= 4 is 11.6 Å². The minimum Gasteiger partial charge on any atom is -0.321 e. The molecule has 1 aromatic rings. The van der Waals surface area contributed by atoms with Crippen molar-refractivity contribution in [3.63, 3.8) is 0 Å². The van der Waals surface area contributed by atoms with Gasteiger partial charge in [0.2, 0.25) is 0 Å². The Kier molecular flexibility index (Phi) is 6.00. The van der Waals surface area contributed by atoms with Gasteiger partial charge < -0.3 is 9.88 Å². The fraction of sp³-hybridized carbons (Fsp3) is 0.769. The number of hydrogen-bond acceptors (Lipinski definition) is 2. The number of halogens is 1. The predicted octanol–water partition coefficient (Wildman–Crippen LogP) is 3.38. The molecule has 0 radical (unpaired) electrons. The molecule has 0 saturated carbocycles. The van der Waals surface area contributed by atoms with E-state index < -0.39 is 0 Å². The van der Waals surface area contributed by atoms with Gasteiger partial charge in [-0.1, -0.05) is 38.3 Å². The van der Waals surface area contributed by atoms with Crippen LogP contribution in [0.1, 0.15) is 45.9 Å². The highest BCUT2D eigenvalue weighted by atomic mass is 35.5. The molecule has 1 heterocycles. The summed E-state index contributed by atoms with van der Waals surface area (Å²) >= 11 is 5.94. The SMILES string of the molecule is CC(C)CCCC(C)NCc1ncc(Cl)n1C. The summed E-state index contributed by atoms with van der Waals surface area (Å²) in [5, 5.41) is 4.17. The molecule has 1 atom stereocenters. The van der Waals surface area contributed by atoms with Crippen LogP contribution in [0.3, 0.4) is 0 Å². The molecule has 1 rings (SSSR count). The summed E-state index contributed by atoms with van der Waals surface area (Å²) in [4.78, 5) is 4.26. The van der Waals surface area contributed by atoms with Crippen molar-refractivity contribution in [3.8, 4) is 0 Å². The van der Waals surface area contributed by atoms with E-state index in [2.05, 4.69) is 31.1 Å². The lowest BCUT2D eigenvalue weighted by molar-refractivity contribution is 0.450. The van der Waals surface area contributed by atoms with Crippen LogP contribution in [0.25, 0.3) is 0 Å². The third kappa shape index (κ3) is 5.09. The number of aromatic nitrogens is 2. The molecule has 0 aromatic carbocycles. The third-order valence-electron chi connectivity index (χ3n) is 3.05. The van der Waals surface area contributed by atoms with Crippen molar-refractivity contribution in [1.82, 2.24) is 14.9 Å². The first kappa shape index (κ1) is 14.5. The fourth-order valence-electron chi connectivity index (χ4n) is 1.79. The molecule has 0 aliphatic carbocycles. The molecule has 0 aliphatic heterocycles. The molecule has 0 aliphatic rings. The Balaban J connectivity index is 2.24. The van der Waals surface area contributed by atoms with Gasteiger partial charge in [0, 0.05) is 13.1 Å². The van der Waals surface area contributed by atoms with Gasteiger partial charge in [0.05, 0.1) is 12.7 Å². The van der Waals surface area contributed by atoms with Gasteiger partial charge in [0.25, 0.3) is 0 Å². The lowest BCUT2D eigenvalue weighted by atomic mass is 10.0. The van der Waals surface area contributed by atoms with Gasteiger partial charge in [0.1, 0.15) is 11.0 Å². The molecule has 1 unspecified atom stereocenters. The van der Waals surface area contributed by atoms with E-state index in [0.717, 1.165) is 18.3 Å². The largest absolute Gasteiger partial charge is 0.321 e. The van der Waals surface area contributed by atoms with Gasteiger partial charge in [-0.15, -0.1) is 0 Å². The van der Waals surface area contributed by atoms with Gasteiger partial charge >= 0.3 is 0 Å². The average Bonchev–Trinajstić information content (AvgIpc) is 2.57. The molecule has 1 N–H and O–H groups in total. The van der Waals surface area contributed by atoms with Crippen LogP contribution >= 0.6 is 11.6 Å². The number of nitrogens with one attached hydrogen (secondary N) is 1. The number of rotatable bonds is 7. The molecule has 0 spiro atoms. The lowest BCUT2D eigenvalue weighted by Gasteiger charge is -2.14. The zero-order valence-electron chi connectivity index (χ0n) is 11.3. The standard InChI is InChI=1S/C13H24ClN3/c1-10(2)6-5-7-11(3)15-9-13-16-8-12(14)17(13)4/h8,10-11,15H,5-7,9H2,1-4H3. The molecule has 0 bridgehead atoms. The van der Waals surface area contributed by atoms with E-state index in [0.29, 0.717) is 11.2 Å². The quantitative estimate of drug-likeness (QED) is 0.812. The van der Waals surface area contributed by atoms with Crippen molar-refractivity contribution in [2.75, 3.05) is 0 Å². The summed E-state index contributed by atoms with van der Waals surface area (Å²) in [6.45, 7) is 7.55. The van der Waals surface area contributed by atoms with Gasteiger partial charge in [0.15, 0.2) is 0 Å². The highest BCUT2D eigenvalue weighted by Crippen LogP contribution is 2.10. The molecule has 1 aromatic heterocycles.